The van der Waals surface area contributed by atoms with Crippen molar-refractivity contribution in [2.45, 2.75) is 0 Å². The largest absolute Gasteiger partial charge is 0.471 e. The van der Waals surface area contributed by atoms with Gasteiger partial charge in [0.25, 0.3) is 0 Å². The van der Waals surface area contributed by atoms with Crippen molar-refractivity contribution in [3.05, 3.63) is 39.5 Å². The SMILES string of the molecule is Clc1ccc(C2=CNCO2)c(Br)c1. The molecule has 1 N–H and O–H groups in total. The van der Waals surface area contributed by atoms with Gasteiger partial charge >= 0.3 is 0 Å². The van der Waals surface area contributed by atoms with E-state index in [1.54, 1.807) is 0 Å². The lowest BCUT2D eigenvalue weighted by Crippen LogP contribution is -1.98. The van der Waals surface area contributed by atoms with Crippen LogP contribution in [0, 0.1) is 0 Å². The van der Waals surface area contributed by atoms with Crippen molar-refractivity contribution in [2.24, 2.45) is 0 Å². The maximum atomic E-state index is 5.82. The van der Waals surface area contributed by atoms with Gasteiger partial charge in [0, 0.05) is 21.3 Å². The summed E-state index contributed by atoms with van der Waals surface area (Å²) >= 11 is 9.24. The summed E-state index contributed by atoms with van der Waals surface area (Å²) in [6, 6.07) is 5.61. The van der Waals surface area contributed by atoms with E-state index in [-0.39, 0.29) is 0 Å². The second kappa shape index (κ2) is 3.60. The molecule has 0 aromatic heterocycles. The molecule has 0 spiro atoms. The van der Waals surface area contributed by atoms with E-state index in [1.165, 1.54) is 0 Å². The number of nitrogens with one attached hydrogen (secondary N) is 1. The lowest BCUT2D eigenvalue weighted by molar-refractivity contribution is 0.291. The molecule has 0 atom stereocenters. The van der Waals surface area contributed by atoms with Crippen molar-refractivity contribution in [2.75, 3.05) is 6.73 Å². The first-order valence-electron chi connectivity index (χ1n) is 3.79. The molecule has 1 heterocycles. The number of rotatable bonds is 1. The zero-order valence-corrected chi connectivity index (χ0v) is 9.02. The van der Waals surface area contributed by atoms with E-state index in [0.717, 1.165) is 15.8 Å². The van der Waals surface area contributed by atoms with Gasteiger partial charge in [0.15, 0.2) is 6.73 Å². The fourth-order valence-corrected chi connectivity index (χ4v) is 2.02. The third-order valence-corrected chi connectivity index (χ3v) is 2.63. The molecule has 1 aromatic rings. The van der Waals surface area contributed by atoms with E-state index < -0.39 is 0 Å². The Morgan fingerprint density at radius 1 is 1.46 bits per heavy atom. The molecule has 2 rings (SSSR count). The zero-order chi connectivity index (χ0) is 9.26. The van der Waals surface area contributed by atoms with Crippen LogP contribution in [-0.2, 0) is 4.74 Å². The summed E-state index contributed by atoms with van der Waals surface area (Å²) in [5.41, 5.74) is 1.01. The summed E-state index contributed by atoms with van der Waals surface area (Å²) < 4.78 is 6.28. The van der Waals surface area contributed by atoms with Crippen LogP contribution in [0.3, 0.4) is 0 Å². The van der Waals surface area contributed by atoms with E-state index in [0.29, 0.717) is 11.8 Å². The fourth-order valence-electron chi connectivity index (χ4n) is 1.14. The Balaban J connectivity index is 2.40. The van der Waals surface area contributed by atoms with Gasteiger partial charge in [-0.1, -0.05) is 11.6 Å². The number of hydrogen-bond acceptors (Lipinski definition) is 2. The molecule has 0 unspecified atom stereocenters. The van der Waals surface area contributed by atoms with Gasteiger partial charge in [0.2, 0.25) is 0 Å². The van der Waals surface area contributed by atoms with Gasteiger partial charge in [0.1, 0.15) is 5.76 Å². The van der Waals surface area contributed by atoms with Crippen LogP contribution >= 0.6 is 27.5 Å². The Kier molecular flexibility index (Phi) is 2.47. The molecule has 0 bridgehead atoms. The minimum absolute atomic E-state index is 0.532. The third kappa shape index (κ3) is 1.81. The molecule has 0 saturated heterocycles. The maximum Gasteiger partial charge on any atom is 0.158 e. The fraction of sp³-hybridized carbons (Fsp3) is 0.111. The molecule has 13 heavy (non-hydrogen) atoms. The van der Waals surface area contributed by atoms with Crippen molar-refractivity contribution in [1.29, 1.82) is 0 Å². The summed E-state index contributed by atoms with van der Waals surface area (Å²) in [6.07, 6.45) is 1.84. The first kappa shape index (κ1) is 8.91. The summed E-state index contributed by atoms with van der Waals surface area (Å²) in [6.45, 7) is 0.532. The van der Waals surface area contributed by atoms with Crippen LogP contribution in [0.4, 0.5) is 0 Å². The van der Waals surface area contributed by atoms with Crippen molar-refractivity contribution in [1.82, 2.24) is 5.32 Å². The highest BCUT2D eigenvalue weighted by Crippen LogP contribution is 2.28. The molecular formula is C9H7BrClNO. The number of hydrogen-bond donors (Lipinski definition) is 1. The van der Waals surface area contributed by atoms with E-state index in [4.69, 9.17) is 16.3 Å². The lowest BCUT2D eigenvalue weighted by Gasteiger charge is -2.04. The van der Waals surface area contributed by atoms with Crippen molar-refractivity contribution < 1.29 is 4.74 Å². The first-order valence-corrected chi connectivity index (χ1v) is 4.96. The molecule has 1 aliphatic heterocycles. The van der Waals surface area contributed by atoms with Crippen molar-refractivity contribution in [3.63, 3.8) is 0 Å². The van der Waals surface area contributed by atoms with Gasteiger partial charge in [-0.2, -0.15) is 0 Å². The average molecular weight is 261 g/mol. The lowest BCUT2D eigenvalue weighted by atomic mass is 10.2. The normalized spacial score (nSPS) is 14.8. The second-order valence-corrected chi connectivity index (χ2v) is 3.92. The van der Waals surface area contributed by atoms with Gasteiger partial charge in [0.05, 0.1) is 0 Å². The standard InChI is InChI=1S/C9H7BrClNO/c10-8-3-6(11)1-2-7(8)9-4-12-5-13-9/h1-4,12H,5H2. The Morgan fingerprint density at radius 2 is 2.31 bits per heavy atom. The average Bonchev–Trinajstić information content (AvgIpc) is 2.56. The highest BCUT2D eigenvalue weighted by atomic mass is 79.9. The quantitative estimate of drug-likeness (QED) is 0.838. The van der Waals surface area contributed by atoms with Gasteiger partial charge < -0.3 is 10.1 Å². The van der Waals surface area contributed by atoms with Crippen molar-refractivity contribution >= 4 is 33.3 Å². The molecule has 0 radical (unpaired) electrons. The Bertz CT molecular complexity index is 365. The number of benzene rings is 1. The van der Waals surface area contributed by atoms with Gasteiger partial charge in [-0.3, -0.25) is 0 Å². The molecule has 0 saturated carbocycles. The van der Waals surface area contributed by atoms with Crippen LogP contribution < -0.4 is 5.32 Å². The summed E-state index contributed by atoms with van der Waals surface area (Å²) in [5.74, 6) is 0.837. The Hall–Kier alpha value is -0.670. The summed E-state index contributed by atoms with van der Waals surface area (Å²) in [4.78, 5) is 0. The van der Waals surface area contributed by atoms with Gasteiger partial charge in [-0.15, -0.1) is 0 Å². The van der Waals surface area contributed by atoms with E-state index in [2.05, 4.69) is 21.2 Å². The van der Waals surface area contributed by atoms with E-state index in [1.807, 2.05) is 24.4 Å². The molecule has 2 nitrogen and oxygen atoms in total. The highest BCUT2D eigenvalue weighted by molar-refractivity contribution is 9.10. The molecule has 1 aromatic carbocycles. The molecule has 1 aliphatic rings. The highest BCUT2D eigenvalue weighted by Gasteiger charge is 2.11. The van der Waals surface area contributed by atoms with E-state index in [9.17, 15) is 0 Å². The van der Waals surface area contributed by atoms with Gasteiger partial charge in [-0.05, 0) is 34.1 Å². The third-order valence-electron chi connectivity index (χ3n) is 1.74. The Labute approximate surface area is 89.7 Å². The predicted octanol–water partition coefficient (Wildman–Crippen LogP) is 2.98. The minimum Gasteiger partial charge on any atom is -0.471 e. The van der Waals surface area contributed by atoms with Crippen LogP contribution in [0.5, 0.6) is 0 Å². The van der Waals surface area contributed by atoms with Crippen LogP contribution in [0.2, 0.25) is 5.02 Å². The monoisotopic (exact) mass is 259 g/mol. The van der Waals surface area contributed by atoms with Gasteiger partial charge in [-0.25, -0.2) is 0 Å². The minimum atomic E-state index is 0.532. The number of ether oxygens (including phenoxy) is 1. The smallest absolute Gasteiger partial charge is 0.158 e. The van der Waals surface area contributed by atoms with Crippen LogP contribution in [-0.4, -0.2) is 6.73 Å². The Morgan fingerprint density at radius 3 is 2.92 bits per heavy atom. The van der Waals surface area contributed by atoms with Crippen LogP contribution in [0.1, 0.15) is 5.56 Å². The second-order valence-electron chi connectivity index (χ2n) is 2.63. The van der Waals surface area contributed by atoms with Crippen molar-refractivity contribution in [3.8, 4) is 0 Å². The maximum absolute atomic E-state index is 5.82. The summed E-state index contributed by atoms with van der Waals surface area (Å²) in [5, 5.41) is 3.68. The first-order chi connectivity index (χ1) is 6.27. The molecule has 68 valence electrons. The molecule has 0 aliphatic carbocycles. The van der Waals surface area contributed by atoms with E-state index >= 15 is 0 Å². The number of halogens is 2. The topological polar surface area (TPSA) is 21.3 Å². The predicted molar refractivity (Wildman–Crippen MR) is 56.2 cm³/mol. The molecule has 0 amide bonds. The molecule has 4 heteroatoms. The zero-order valence-electron chi connectivity index (χ0n) is 6.68. The van der Waals surface area contributed by atoms with Crippen LogP contribution in [0.25, 0.3) is 5.76 Å². The summed E-state index contributed by atoms with van der Waals surface area (Å²) in [7, 11) is 0. The molecular weight excluding hydrogens is 253 g/mol. The molecule has 0 fully saturated rings. The van der Waals surface area contributed by atoms with Crippen LogP contribution in [0.15, 0.2) is 28.9 Å².